The zero-order chi connectivity index (χ0) is 26.6. The highest BCUT2D eigenvalue weighted by Crippen LogP contribution is 2.24. The van der Waals surface area contributed by atoms with Gasteiger partial charge in [0.05, 0.1) is 25.3 Å². The number of hydrogen-bond acceptors (Lipinski definition) is 6. The fourth-order valence-corrected chi connectivity index (χ4v) is 4.49. The molecule has 0 spiro atoms. The largest absolute Gasteiger partial charge is 0.497 e. The van der Waals surface area contributed by atoms with E-state index in [1.807, 2.05) is 41.3 Å². The van der Waals surface area contributed by atoms with E-state index in [2.05, 4.69) is 13.8 Å². The van der Waals surface area contributed by atoms with Crippen LogP contribution in [0, 0.1) is 5.92 Å². The Balaban J connectivity index is 1.82. The number of amides is 2. The van der Waals surface area contributed by atoms with Crippen molar-refractivity contribution in [3.05, 3.63) is 54.1 Å². The van der Waals surface area contributed by atoms with Crippen molar-refractivity contribution in [3.8, 4) is 17.2 Å². The molecule has 0 N–H and O–H groups in total. The molecular weight excluding hydrogens is 472 g/mol. The van der Waals surface area contributed by atoms with Gasteiger partial charge in [0, 0.05) is 32.8 Å². The molecule has 0 aliphatic carbocycles. The van der Waals surface area contributed by atoms with E-state index < -0.39 is 0 Å². The number of rotatable bonds is 9. The van der Waals surface area contributed by atoms with Crippen LogP contribution in [-0.2, 0) is 9.53 Å². The van der Waals surface area contributed by atoms with Crippen LogP contribution in [0.4, 0.5) is 0 Å². The summed E-state index contributed by atoms with van der Waals surface area (Å²) in [5, 5.41) is 0. The lowest BCUT2D eigenvalue weighted by molar-refractivity contribution is -0.137. The Labute approximate surface area is 220 Å². The number of methoxy groups -OCH3 is 2. The molecule has 202 valence electrons. The zero-order valence-corrected chi connectivity index (χ0v) is 22.5. The first kappa shape index (κ1) is 28.3. The quantitative estimate of drug-likeness (QED) is 0.499. The first-order valence-corrected chi connectivity index (χ1v) is 13.0. The number of benzene rings is 2. The number of hydrogen-bond donors (Lipinski definition) is 0. The van der Waals surface area contributed by atoms with E-state index in [0.29, 0.717) is 61.6 Å². The van der Waals surface area contributed by atoms with E-state index >= 15 is 0 Å². The minimum absolute atomic E-state index is 0.0618. The number of ether oxygens (including phenoxy) is 4. The molecule has 2 aromatic carbocycles. The van der Waals surface area contributed by atoms with E-state index in [1.54, 1.807) is 31.3 Å². The highest BCUT2D eigenvalue weighted by Gasteiger charge is 2.28. The molecule has 0 unspecified atom stereocenters. The van der Waals surface area contributed by atoms with Crippen LogP contribution in [0.25, 0.3) is 0 Å². The summed E-state index contributed by atoms with van der Waals surface area (Å²) in [7, 11) is 3.23. The summed E-state index contributed by atoms with van der Waals surface area (Å²) in [6, 6.07) is 14.4. The highest BCUT2D eigenvalue weighted by atomic mass is 16.5. The lowest BCUT2D eigenvalue weighted by Crippen LogP contribution is -2.47. The van der Waals surface area contributed by atoms with Gasteiger partial charge in [-0.25, -0.2) is 0 Å². The van der Waals surface area contributed by atoms with Crippen LogP contribution in [0.3, 0.4) is 0 Å². The van der Waals surface area contributed by atoms with Crippen molar-refractivity contribution >= 4 is 11.8 Å². The molecule has 8 heteroatoms. The van der Waals surface area contributed by atoms with Crippen LogP contribution >= 0.6 is 0 Å². The molecule has 0 fully saturated rings. The molecule has 0 aromatic heterocycles. The standard InChI is InChI=1S/C29H40N2O6/c1-22(2)18-23-20-37-27-13-6-5-12-26(27)29(33)30(16-17-34-3)14-7-8-15-31(23)28(32)21-36-25-11-9-10-24(19-25)35-4/h5-6,9-13,19,22-23H,7-8,14-18,20-21H2,1-4H3/t23-/m0/s1. The molecule has 2 aromatic rings. The number of carbonyl (C=O) groups excluding carboxylic acids is 2. The van der Waals surface area contributed by atoms with Gasteiger partial charge in [-0.05, 0) is 49.4 Å². The van der Waals surface area contributed by atoms with E-state index in [9.17, 15) is 9.59 Å². The fourth-order valence-electron chi connectivity index (χ4n) is 4.49. The summed E-state index contributed by atoms with van der Waals surface area (Å²) < 4.78 is 22.6. The van der Waals surface area contributed by atoms with Crippen molar-refractivity contribution in [1.82, 2.24) is 9.80 Å². The Kier molecular flexibility index (Phi) is 11.1. The normalized spacial score (nSPS) is 16.9. The molecule has 0 saturated carbocycles. The average Bonchev–Trinajstić information content (AvgIpc) is 2.90. The molecule has 8 nitrogen and oxygen atoms in total. The second-order valence-corrected chi connectivity index (χ2v) is 9.64. The highest BCUT2D eigenvalue weighted by molar-refractivity contribution is 5.97. The SMILES string of the molecule is COCCN1CCCCN(C(=O)COc2cccc(OC)c2)[C@@H](CC(C)C)COc2ccccc2C1=O. The Morgan fingerprint density at radius 2 is 1.81 bits per heavy atom. The van der Waals surface area contributed by atoms with Gasteiger partial charge in [-0.3, -0.25) is 9.59 Å². The Morgan fingerprint density at radius 1 is 1.05 bits per heavy atom. The van der Waals surface area contributed by atoms with Crippen LogP contribution in [0.5, 0.6) is 17.2 Å². The maximum absolute atomic E-state index is 13.5. The van der Waals surface area contributed by atoms with E-state index in [4.69, 9.17) is 18.9 Å². The van der Waals surface area contributed by atoms with Gasteiger partial charge < -0.3 is 28.7 Å². The number of carbonyl (C=O) groups is 2. The molecule has 0 saturated heterocycles. The van der Waals surface area contributed by atoms with E-state index in [-0.39, 0.29) is 24.5 Å². The van der Waals surface area contributed by atoms with Crippen molar-refractivity contribution in [2.45, 2.75) is 39.2 Å². The Bertz CT molecular complexity index is 1010. The molecule has 1 aliphatic heterocycles. The van der Waals surface area contributed by atoms with Crippen LogP contribution < -0.4 is 14.2 Å². The first-order chi connectivity index (χ1) is 17.9. The fraction of sp³-hybridized carbons (Fsp3) is 0.517. The second kappa shape index (κ2) is 14.5. The zero-order valence-electron chi connectivity index (χ0n) is 22.5. The molecule has 1 aliphatic rings. The monoisotopic (exact) mass is 512 g/mol. The molecule has 2 amide bonds. The summed E-state index contributed by atoms with van der Waals surface area (Å²) in [6.45, 7) is 6.59. The summed E-state index contributed by atoms with van der Waals surface area (Å²) in [5.41, 5.74) is 0.529. The second-order valence-electron chi connectivity index (χ2n) is 9.64. The average molecular weight is 513 g/mol. The van der Waals surface area contributed by atoms with Gasteiger partial charge in [0.1, 0.15) is 23.9 Å². The molecule has 0 radical (unpaired) electrons. The molecule has 0 bridgehead atoms. The van der Waals surface area contributed by atoms with Crippen molar-refractivity contribution in [1.29, 1.82) is 0 Å². The van der Waals surface area contributed by atoms with E-state index in [0.717, 1.165) is 19.3 Å². The number of nitrogens with zero attached hydrogens (tertiary/aromatic N) is 2. The van der Waals surface area contributed by atoms with Gasteiger partial charge >= 0.3 is 0 Å². The van der Waals surface area contributed by atoms with Gasteiger partial charge in [0.15, 0.2) is 6.61 Å². The predicted molar refractivity (Wildman–Crippen MR) is 142 cm³/mol. The third kappa shape index (κ3) is 8.39. The predicted octanol–water partition coefficient (Wildman–Crippen LogP) is 4.28. The maximum Gasteiger partial charge on any atom is 0.260 e. The molecule has 1 heterocycles. The minimum atomic E-state index is -0.145. The number of fused-ring (bicyclic) bond motifs is 1. The van der Waals surface area contributed by atoms with Crippen LogP contribution in [0.15, 0.2) is 48.5 Å². The smallest absolute Gasteiger partial charge is 0.260 e. The van der Waals surface area contributed by atoms with Crippen LogP contribution in [-0.4, -0.2) is 81.3 Å². The van der Waals surface area contributed by atoms with Crippen LogP contribution in [0.1, 0.15) is 43.5 Å². The van der Waals surface area contributed by atoms with Gasteiger partial charge in [0.2, 0.25) is 0 Å². The minimum Gasteiger partial charge on any atom is -0.497 e. The third-order valence-electron chi connectivity index (χ3n) is 6.39. The topological polar surface area (TPSA) is 77.5 Å². The van der Waals surface area contributed by atoms with Gasteiger partial charge in [0.25, 0.3) is 11.8 Å². The molecule has 37 heavy (non-hydrogen) atoms. The molecule has 1 atom stereocenters. The van der Waals surface area contributed by atoms with Gasteiger partial charge in [-0.2, -0.15) is 0 Å². The first-order valence-electron chi connectivity index (χ1n) is 13.0. The Hall–Kier alpha value is -3.26. The number of para-hydroxylation sites is 1. The maximum atomic E-state index is 13.5. The van der Waals surface area contributed by atoms with Gasteiger partial charge in [-0.15, -0.1) is 0 Å². The summed E-state index contributed by atoms with van der Waals surface area (Å²) >= 11 is 0. The van der Waals surface area contributed by atoms with Crippen molar-refractivity contribution in [3.63, 3.8) is 0 Å². The van der Waals surface area contributed by atoms with Crippen LogP contribution in [0.2, 0.25) is 0 Å². The molecule has 3 rings (SSSR count). The Morgan fingerprint density at radius 3 is 2.57 bits per heavy atom. The molecular formula is C29H40N2O6. The summed E-state index contributed by atoms with van der Waals surface area (Å²) in [4.78, 5) is 30.5. The van der Waals surface area contributed by atoms with Gasteiger partial charge in [-0.1, -0.05) is 32.0 Å². The van der Waals surface area contributed by atoms with Crippen molar-refractivity contribution in [2.75, 3.05) is 53.7 Å². The lowest BCUT2D eigenvalue weighted by atomic mass is 10.0. The van der Waals surface area contributed by atoms with Crippen molar-refractivity contribution < 1.29 is 28.5 Å². The summed E-state index contributed by atoms with van der Waals surface area (Å²) in [6.07, 6.45) is 2.31. The van der Waals surface area contributed by atoms with Crippen molar-refractivity contribution in [2.24, 2.45) is 5.92 Å². The lowest BCUT2D eigenvalue weighted by Gasteiger charge is -2.34. The third-order valence-corrected chi connectivity index (χ3v) is 6.39. The summed E-state index contributed by atoms with van der Waals surface area (Å²) in [5.74, 6) is 2.00. The van der Waals surface area contributed by atoms with E-state index in [1.165, 1.54) is 0 Å².